The van der Waals surface area contributed by atoms with Gasteiger partial charge in [0.2, 0.25) is 0 Å². The van der Waals surface area contributed by atoms with Crippen LogP contribution in [0.25, 0.3) is 0 Å². The Morgan fingerprint density at radius 1 is 1.31 bits per heavy atom. The minimum atomic E-state index is 0.258. The topological polar surface area (TPSA) is 9.23 Å². The number of para-hydroxylation sites is 1. The summed E-state index contributed by atoms with van der Waals surface area (Å²) in [6.45, 7) is 6.70. The molecule has 0 saturated heterocycles. The highest BCUT2D eigenvalue weighted by Gasteiger charge is 2.31. The average Bonchev–Trinajstić information content (AvgIpc) is 2.02. The van der Waals surface area contributed by atoms with Crippen molar-refractivity contribution < 1.29 is 4.74 Å². The third-order valence-corrected chi connectivity index (χ3v) is 2.74. The molecular weight excluding hydrogens is 160 g/mol. The van der Waals surface area contributed by atoms with Crippen molar-refractivity contribution in [2.45, 2.75) is 38.7 Å². The quantitative estimate of drug-likeness (QED) is 0.590. The Labute approximate surface area is 79.7 Å². The van der Waals surface area contributed by atoms with Gasteiger partial charge in [-0.15, -0.1) is 0 Å². The highest BCUT2D eigenvalue weighted by Crippen LogP contribution is 2.40. The summed E-state index contributed by atoms with van der Waals surface area (Å²) in [6.07, 6.45) is 1.44. The molecule has 1 aliphatic rings. The number of ether oxygens (including phenoxy) is 1. The maximum Gasteiger partial charge on any atom is 0.123 e. The second-order valence-electron chi connectivity index (χ2n) is 4.51. The van der Waals surface area contributed by atoms with E-state index in [0.29, 0.717) is 6.10 Å². The summed E-state index contributed by atoms with van der Waals surface area (Å²) in [7, 11) is 0. The molecule has 0 N–H and O–H groups in total. The van der Waals surface area contributed by atoms with E-state index < -0.39 is 0 Å². The molecule has 1 atom stereocenters. The molecule has 0 amide bonds. The minimum Gasteiger partial charge on any atom is -0.490 e. The van der Waals surface area contributed by atoms with E-state index in [1.807, 2.05) is 6.07 Å². The van der Waals surface area contributed by atoms with Gasteiger partial charge in [-0.05, 0) is 30.4 Å². The third kappa shape index (κ3) is 1.43. The first-order valence-corrected chi connectivity index (χ1v) is 4.86. The van der Waals surface area contributed by atoms with E-state index in [2.05, 4.69) is 39.0 Å². The first kappa shape index (κ1) is 8.61. The second-order valence-corrected chi connectivity index (χ2v) is 4.51. The lowest BCUT2D eigenvalue weighted by Gasteiger charge is -2.36. The van der Waals surface area contributed by atoms with Gasteiger partial charge in [-0.1, -0.05) is 32.0 Å². The summed E-state index contributed by atoms with van der Waals surface area (Å²) < 4.78 is 5.77. The van der Waals surface area contributed by atoms with Gasteiger partial charge in [0.15, 0.2) is 0 Å². The van der Waals surface area contributed by atoms with Gasteiger partial charge in [-0.3, -0.25) is 0 Å². The lowest BCUT2D eigenvalue weighted by Crippen LogP contribution is -2.32. The monoisotopic (exact) mass is 176 g/mol. The summed E-state index contributed by atoms with van der Waals surface area (Å²) >= 11 is 0. The molecule has 1 heterocycles. The largest absolute Gasteiger partial charge is 0.490 e. The Kier molecular flexibility index (Phi) is 1.83. The molecule has 1 heteroatoms. The molecule has 1 aromatic rings. The molecule has 0 spiro atoms. The van der Waals surface area contributed by atoms with E-state index in [0.717, 1.165) is 12.2 Å². The van der Waals surface area contributed by atoms with E-state index in [-0.39, 0.29) is 5.41 Å². The van der Waals surface area contributed by atoms with Crippen LogP contribution in [0.1, 0.15) is 32.8 Å². The van der Waals surface area contributed by atoms with Crippen molar-refractivity contribution in [1.29, 1.82) is 0 Å². The summed E-state index contributed by atoms with van der Waals surface area (Å²) in [5.41, 5.74) is 1.60. The van der Waals surface area contributed by atoms with Gasteiger partial charge in [-0.2, -0.15) is 0 Å². The SMILES string of the molecule is CC1CC(C)(C)c2ccccc2O1. The molecule has 1 aromatic carbocycles. The van der Waals surface area contributed by atoms with Gasteiger partial charge >= 0.3 is 0 Å². The number of hydrogen-bond donors (Lipinski definition) is 0. The van der Waals surface area contributed by atoms with Crippen molar-refractivity contribution in [2.24, 2.45) is 0 Å². The van der Waals surface area contributed by atoms with Crippen LogP contribution in [-0.2, 0) is 5.41 Å². The predicted molar refractivity (Wildman–Crippen MR) is 54.2 cm³/mol. The molecular formula is C12H16O. The predicted octanol–water partition coefficient (Wildman–Crippen LogP) is 3.14. The average molecular weight is 176 g/mol. The Balaban J connectivity index is 2.50. The van der Waals surface area contributed by atoms with E-state index in [4.69, 9.17) is 4.74 Å². The van der Waals surface area contributed by atoms with E-state index in [1.54, 1.807) is 0 Å². The molecule has 1 nitrogen and oxygen atoms in total. The maximum absolute atomic E-state index is 5.77. The lowest BCUT2D eigenvalue weighted by molar-refractivity contribution is 0.150. The van der Waals surface area contributed by atoms with Crippen molar-refractivity contribution in [3.8, 4) is 5.75 Å². The van der Waals surface area contributed by atoms with Gasteiger partial charge in [0.1, 0.15) is 5.75 Å². The maximum atomic E-state index is 5.77. The number of fused-ring (bicyclic) bond motifs is 1. The normalized spacial score (nSPS) is 24.7. The van der Waals surface area contributed by atoms with Crippen LogP contribution in [-0.4, -0.2) is 6.10 Å². The van der Waals surface area contributed by atoms with Crippen LogP contribution >= 0.6 is 0 Å². The molecule has 70 valence electrons. The van der Waals surface area contributed by atoms with Crippen molar-refractivity contribution >= 4 is 0 Å². The molecule has 0 aliphatic carbocycles. The molecule has 0 fully saturated rings. The van der Waals surface area contributed by atoms with Gasteiger partial charge in [0.25, 0.3) is 0 Å². The zero-order chi connectivity index (χ0) is 9.47. The first-order valence-electron chi connectivity index (χ1n) is 4.86. The number of hydrogen-bond acceptors (Lipinski definition) is 1. The minimum absolute atomic E-state index is 0.258. The lowest BCUT2D eigenvalue weighted by atomic mass is 9.78. The number of rotatable bonds is 0. The third-order valence-electron chi connectivity index (χ3n) is 2.74. The van der Waals surface area contributed by atoms with Crippen molar-refractivity contribution in [3.63, 3.8) is 0 Å². The highest BCUT2D eigenvalue weighted by atomic mass is 16.5. The molecule has 2 rings (SSSR count). The molecule has 0 aromatic heterocycles. The summed E-state index contributed by atoms with van der Waals surface area (Å²) in [5, 5.41) is 0. The van der Waals surface area contributed by atoms with Crippen LogP contribution in [0.3, 0.4) is 0 Å². The first-order chi connectivity index (χ1) is 6.09. The zero-order valence-electron chi connectivity index (χ0n) is 8.50. The fourth-order valence-corrected chi connectivity index (χ4v) is 2.22. The Morgan fingerprint density at radius 3 is 2.77 bits per heavy atom. The highest BCUT2D eigenvalue weighted by molar-refractivity contribution is 5.40. The van der Waals surface area contributed by atoms with E-state index in [1.165, 1.54) is 5.56 Å². The molecule has 1 unspecified atom stereocenters. The Bertz CT molecular complexity index is 315. The molecule has 13 heavy (non-hydrogen) atoms. The summed E-state index contributed by atoms with van der Waals surface area (Å²) in [6, 6.07) is 8.35. The van der Waals surface area contributed by atoms with E-state index in [9.17, 15) is 0 Å². The summed E-state index contributed by atoms with van der Waals surface area (Å²) in [4.78, 5) is 0. The van der Waals surface area contributed by atoms with Crippen LogP contribution in [0.5, 0.6) is 5.75 Å². The van der Waals surface area contributed by atoms with Crippen LogP contribution in [0.2, 0.25) is 0 Å². The number of benzene rings is 1. The Morgan fingerprint density at radius 2 is 2.00 bits per heavy atom. The van der Waals surface area contributed by atoms with Crippen LogP contribution < -0.4 is 4.74 Å². The van der Waals surface area contributed by atoms with Crippen LogP contribution in [0.15, 0.2) is 24.3 Å². The fraction of sp³-hybridized carbons (Fsp3) is 0.500. The van der Waals surface area contributed by atoms with Crippen molar-refractivity contribution in [2.75, 3.05) is 0 Å². The molecule has 0 bridgehead atoms. The van der Waals surface area contributed by atoms with Gasteiger partial charge in [-0.25, -0.2) is 0 Å². The van der Waals surface area contributed by atoms with Crippen molar-refractivity contribution in [3.05, 3.63) is 29.8 Å². The molecule has 0 saturated carbocycles. The Hall–Kier alpha value is -0.980. The second kappa shape index (κ2) is 2.76. The molecule has 1 aliphatic heterocycles. The van der Waals surface area contributed by atoms with Gasteiger partial charge < -0.3 is 4.74 Å². The van der Waals surface area contributed by atoms with Crippen LogP contribution in [0, 0.1) is 0 Å². The van der Waals surface area contributed by atoms with Crippen LogP contribution in [0.4, 0.5) is 0 Å². The van der Waals surface area contributed by atoms with E-state index >= 15 is 0 Å². The molecule has 0 radical (unpaired) electrons. The fourth-order valence-electron chi connectivity index (χ4n) is 2.22. The standard InChI is InChI=1S/C12H16O/c1-9-8-12(2,3)10-6-4-5-7-11(10)13-9/h4-7,9H,8H2,1-3H3. The zero-order valence-corrected chi connectivity index (χ0v) is 8.50. The smallest absolute Gasteiger partial charge is 0.123 e. The van der Waals surface area contributed by atoms with Gasteiger partial charge in [0.05, 0.1) is 6.10 Å². The van der Waals surface area contributed by atoms with Crippen molar-refractivity contribution in [1.82, 2.24) is 0 Å². The van der Waals surface area contributed by atoms with Gasteiger partial charge in [0, 0.05) is 0 Å². The summed E-state index contributed by atoms with van der Waals surface area (Å²) in [5.74, 6) is 1.06.